The molecule has 0 aromatic heterocycles. The van der Waals surface area contributed by atoms with Gasteiger partial charge in [-0.25, -0.2) is 0 Å². The van der Waals surface area contributed by atoms with Gasteiger partial charge in [-0.1, -0.05) is 199 Å². The molecular weight excluding hydrogens is 1050 g/mol. The summed E-state index contributed by atoms with van der Waals surface area (Å²) in [6.07, 6.45) is 37.9. The summed E-state index contributed by atoms with van der Waals surface area (Å²) in [5.41, 5.74) is 6.10. The molecule has 0 aliphatic carbocycles. The average molecular weight is 1160 g/mol. The van der Waals surface area contributed by atoms with Crippen LogP contribution >= 0.6 is 0 Å². The van der Waals surface area contributed by atoms with Gasteiger partial charge >= 0.3 is 0 Å². The number of hydrogen-bond donors (Lipinski definition) is 0. The lowest BCUT2D eigenvalue weighted by Gasteiger charge is -2.51. The van der Waals surface area contributed by atoms with Gasteiger partial charge in [0.05, 0.1) is 66.0 Å². The van der Waals surface area contributed by atoms with Crippen LogP contribution in [0, 0.1) is 0 Å². The number of carbonyl (C=O) groups is 2. The number of nitrogens with zero attached hydrogens (tertiary/aromatic N) is 2. The molecule has 8 rings (SSSR count). The highest BCUT2D eigenvalue weighted by molar-refractivity contribution is 5.70. The summed E-state index contributed by atoms with van der Waals surface area (Å²) in [6, 6.07) is 20.2. The van der Waals surface area contributed by atoms with Crippen LogP contribution in [0.3, 0.4) is 0 Å². The summed E-state index contributed by atoms with van der Waals surface area (Å²) in [5.74, 6) is 2.04. The van der Waals surface area contributed by atoms with Gasteiger partial charge in [-0.3, -0.25) is 0 Å². The summed E-state index contributed by atoms with van der Waals surface area (Å²) in [5, 5.41) is 27.5. The van der Waals surface area contributed by atoms with Crippen molar-refractivity contribution in [1.29, 1.82) is 0 Å². The number of rotatable bonds is 37. The quantitative estimate of drug-likeness (QED) is 0.0320. The van der Waals surface area contributed by atoms with Crippen LogP contribution in [-0.4, -0.2) is 81.5 Å². The van der Waals surface area contributed by atoms with Crippen LogP contribution in [0.15, 0.2) is 66.7 Å². The first-order valence-corrected chi connectivity index (χ1v) is 33.5. The number of aliphatic carboxylic acids is 2. The van der Waals surface area contributed by atoms with Crippen LogP contribution in [0.1, 0.15) is 252 Å². The van der Waals surface area contributed by atoms with Gasteiger partial charge in [0.1, 0.15) is 41.4 Å². The van der Waals surface area contributed by atoms with Crippen molar-refractivity contribution < 1.29 is 52.5 Å². The Labute approximate surface area is 507 Å². The second-order valence-corrected chi connectivity index (χ2v) is 25.8. The van der Waals surface area contributed by atoms with Gasteiger partial charge in [0.25, 0.3) is 0 Å². The highest BCUT2D eigenvalue weighted by Gasteiger charge is 2.48. The van der Waals surface area contributed by atoms with E-state index in [9.17, 15) is 19.8 Å². The van der Waals surface area contributed by atoms with Crippen molar-refractivity contribution in [1.82, 2.24) is 0 Å². The number of methoxy groups -OCH3 is 3. The Kier molecular flexibility index (Phi) is 27.0. The van der Waals surface area contributed by atoms with Crippen molar-refractivity contribution in [3.63, 3.8) is 0 Å². The monoisotopic (exact) mass is 1160 g/mol. The summed E-state index contributed by atoms with van der Waals surface area (Å²) in [7, 11) is 9.21. The van der Waals surface area contributed by atoms with Crippen molar-refractivity contribution in [2.75, 3.05) is 48.5 Å². The molecule has 464 valence electrons. The third-order valence-corrected chi connectivity index (χ3v) is 19.8. The third kappa shape index (κ3) is 18.1. The molecule has 11 heteroatoms. The molecule has 4 heterocycles. The van der Waals surface area contributed by atoms with Gasteiger partial charge in [-0.15, -0.1) is 0 Å². The molecule has 0 N–H and O–H groups in total. The molecule has 11 nitrogen and oxygen atoms in total. The van der Waals surface area contributed by atoms with E-state index < -0.39 is 30.1 Å². The number of carboxylic acid groups (broad SMARTS) is 2. The summed E-state index contributed by atoms with van der Waals surface area (Å²) >= 11 is 0. The standard InChI is InChI=1S/C73H108N2O9/c1-8-10-12-14-16-18-20-22-24-26-28-30-32-34-36-62(72(76)77)74(3)46-44-57-52-67(82-7)69-54-61(57)64(74)48-55-38-41-59(42-39-55)83-68-50-56(40-43-66(68)81-6)49-65-71-58(51-60(80-5)53-70(71)84-69)45-47-75(65,4)63(73(78)79)37-35-33-31-29-27-25-23-21-19-17-15-13-11-9-2/h38-43,50-54,62-65H,8-37,44-49H2,1-7H3. The Morgan fingerprint density at radius 3 is 1.39 bits per heavy atom. The van der Waals surface area contributed by atoms with E-state index in [4.69, 9.17) is 23.7 Å². The Morgan fingerprint density at radius 2 is 0.917 bits per heavy atom. The zero-order valence-electron chi connectivity index (χ0n) is 53.2. The maximum Gasteiger partial charge on any atom is 0.169 e. The largest absolute Gasteiger partial charge is 0.544 e. The summed E-state index contributed by atoms with van der Waals surface area (Å²) in [6.45, 7) is 5.74. The lowest BCUT2D eigenvalue weighted by atomic mass is 9.83. The van der Waals surface area contributed by atoms with E-state index in [1.807, 2.05) is 30.3 Å². The summed E-state index contributed by atoms with van der Waals surface area (Å²) in [4.78, 5) is 27.5. The van der Waals surface area contributed by atoms with Gasteiger partial charge in [0, 0.05) is 50.2 Å². The molecule has 84 heavy (non-hydrogen) atoms. The van der Waals surface area contributed by atoms with Crippen molar-refractivity contribution in [3.05, 3.63) is 100 Å². The predicted molar refractivity (Wildman–Crippen MR) is 335 cm³/mol. The molecule has 0 spiro atoms. The maximum absolute atomic E-state index is 13.8. The van der Waals surface area contributed by atoms with Gasteiger partial charge < -0.3 is 52.5 Å². The van der Waals surface area contributed by atoms with Crippen LogP contribution < -0.4 is 33.9 Å². The third-order valence-electron chi connectivity index (χ3n) is 19.8. The minimum Gasteiger partial charge on any atom is -0.544 e. The first-order valence-electron chi connectivity index (χ1n) is 33.5. The average Bonchev–Trinajstić information content (AvgIpc) is 1.63. The first kappa shape index (κ1) is 66.3. The van der Waals surface area contributed by atoms with Crippen LogP contribution in [0.2, 0.25) is 0 Å². The van der Waals surface area contributed by atoms with Crippen molar-refractivity contribution in [2.24, 2.45) is 0 Å². The number of carboxylic acids is 2. The molecule has 4 aromatic rings. The molecule has 0 saturated carbocycles. The van der Waals surface area contributed by atoms with Crippen LogP contribution in [0.4, 0.5) is 0 Å². The molecule has 0 saturated heterocycles. The molecule has 4 aliphatic rings. The Morgan fingerprint density at radius 1 is 0.476 bits per heavy atom. The lowest BCUT2D eigenvalue weighted by Crippen LogP contribution is -2.63. The number of fused-ring (bicyclic) bond motifs is 2. The second-order valence-electron chi connectivity index (χ2n) is 25.8. The number of unbranched alkanes of at least 4 members (excludes halogenated alkanes) is 26. The highest BCUT2D eigenvalue weighted by atomic mass is 16.5. The fourth-order valence-corrected chi connectivity index (χ4v) is 14.5. The molecule has 6 bridgehead atoms. The molecule has 6 unspecified atom stereocenters. The minimum atomic E-state index is -1.03. The number of hydrogen-bond acceptors (Lipinski definition) is 9. The fourth-order valence-electron chi connectivity index (χ4n) is 14.5. The number of ether oxygens (including phenoxy) is 5. The highest BCUT2D eigenvalue weighted by Crippen LogP contribution is 2.51. The second kappa shape index (κ2) is 34.2. The van der Waals surface area contributed by atoms with E-state index in [-0.39, 0.29) is 15.0 Å². The zero-order chi connectivity index (χ0) is 59.7. The fraction of sp³-hybridized carbons (Fsp3) is 0.644. The number of quaternary nitrogens is 2. The Bertz CT molecular complexity index is 2640. The molecule has 0 fully saturated rings. The van der Waals surface area contributed by atoms with Crippen molar-refractivity contribution in [2.45, 2.75) is 256 Å². The van der Waals surface area contributed by atoms with Crippen LogP contribution in [0.25, 0.3) is 0 Å². The van der Waals surface area contributed by atoms with Crippen molar-refractivity contribution >= 4 is 11.9 Å². The van der Waals surface area contributed by atoms with Gasteiger partial charge in [0.2, 0.25) is 0 Å². The van der Waals surface area contributed by atoms with Gasteiger partial charge in [-0.05, 0) is 77.6 Å². The number of likely N-dealkylation sites (N-methyl/N-ethyl adjacent to an activating group) is 2. The molecular formula is C73H108N2O9. The van der Waals surface area contributed by atoms with Gasteiger partial charge in [-0.2, -0.15) is 0 Å². The van der Waals surface area contributed by atoms with E-state index in [2.05, 4.69) is 64.3 Å². The predicted octanol–water partition coefficient (Wildman–Crippen LogP) is 16.2. The molecule has 0 amide bonds. The van der Waals surface area contributed by atoms with Crippen LogP contribution in [-0.2, 0) is 35.3 Å². The number of carbonyl (C=O) groups excluding carboxylic acids is 2. The smallest absolute Gasteiger partial charge is 0.169 e. The summed E-state index contributed by atoms with van der Waals surface area (Å²) < 4.78 is 32.7. The van der Waals surface area contributed by atoms with E-state index in [0.29, 0.717) is 91.9 Å². The SMILES string of the molecule is CCCCCCCCCCCCCCCCC(C(=O)[O-])[N+]1(C)CCc2cc(OC)c3cc2C1Cc1ccc(cc1)Oc1cc(ccc1OC)CC1c2c(cc(OC)cc2O3)CC[N+]1(C)C(CCCCCCCCCCCCCCCC)C(=O)[O-]. The minimum absolute atomic E-state index is 0.225. The normalized spacial score (nSPS) is 19.7. The molecule has 4 aromatic carbocycles. The van der Waals surface area contributed by atoms with E-state index in [1.54, 1.807) is 21.3 Å². The zero-order valence-corrected chi connectivity index (χ0v) is 53.2. The topological polar surface area (TPSA) is 126 Å². The van der Waals surface area contributed by atoms with E-state index in [0.717, 1.165) is 71.9 Å². The Hall–Kier alpha value is -5.26. The van der Waals surface area contributed by atoms with E-state index >= 15 is 0 Å². The Balaban J connectivity index is 1.18. The van der Waals surface area contributed by atoms with Gasteiger partial charge in [0.15, 0.2) is 23.0 Å². The molecule has 0 radical (unpaired) electrons. The van der Waals surface area contributed by atoms with Crippen LogP contribution in [0.5, 0.6) is 40.2 Å². The maximum atomic E-state index is 13.8. The molecule has 6 atom stereocenters. The van der Waals surface area contributed by atoms with E-state index in [1.165, 1.54) is 141 Å². The number of benzene rings is 4. The lowest BCUT2D eigenvalue weighted by molar-refractivity contribution is -0.958. The first-order chi connectivity index (χ1) is 40.9. The van der Waals surface area contributed by atoms with Crippen molar-refractivity contribution in [3.8, 4) is 40.2 Å². The molecule has 4 aliphatic heterocycles.